The Morgan fingerprint density at radius 1 is 1.57 bits per heavy atom. The van der Waals surface area contributed by atoms with Gasteiger partial charge in [-0.05, 0) is 24.5 Å². The fraction of sp³-hybridized carbons (Fsp3) is 0.889. The van der Waals surface area contributed by atoms with Crippen LogP contribution in [0.2, 0.25) is 0 Å². The molecule has 0 bridgehead atoms. The third kappa shape index (κ3) is 6.68. The first-order chi connectivity index (χ1) is 6.61. The molecule has 0 aliphatic rings. The number of rotatable bonds is 7. The first-order valence-electron chi connectivity index (χ1n) is 4.53. The van der Waals surface area contributed by atoms with Gasteiger partial charge in [0.05, 0.1) is 7.11 Å². The van der Waals surface area contributed by atoms with E-state index in [-0.39, 0.29) is 10.8 Å². The van der Waals surface area contributed by atoms with Gasteiger partial charge in [0.15, 0.2) is 0 Å². The highest BCUT2D eigenvalue weighted by atomic mass is 79.9. The highest BCUT2D eigenvalue weighted by Gasteiger charge is 2.14. The molecule has 3 nitrogen and oxygen atoms in total. The second kappa shape index (κ2) is 8.56. The van der Waals surface area contributed by atoms with Gasteiger partial charge in [-0.2, -0.15) is 11.8 Å². The van der Waals surface area contributed by atoms with E-state index in [9.17, 15) is 4.79 Å². The Morgan fingerprint density at radius 3 is 2.71 bits per heavy atom. The Morgan fingerprint density at radius 2 is 2.21 bits per heavy atom. The van der Waals surface area contributed by atoms with Crippen molar-refractivity contribution in [3.63, 3.8) is 0 Å². The van der Waals surface area contributed by atoms with Crippen LogP contribution in [-0.4, -0.2) is 43.0 Å². The quantitative estimate of drug-likeness (QED) is 0.568. The lowest BCUT2D eigenvalue weighted by Gasteiger charge is -2.12. The van der Waals surface area contributed by atoms with Crippen molar-refractivity contribution in [3.8, 4) is 0 Å². The number of esters is 1. The number of carbonyl (C=O) groups excluding carboxylic acids is 1. The summed E-state index contributed by atoms with van der Waals surface area (Å²) in [6.45, 7) is 3.73. The molecule has 0 saturated heterocycles. The van der Waals surface area contributed by atoms with E-state index >= 15 is 0 Å². The first kappa shape index (κ1) is 14.3. The van der Waals surface area contributed by atoms with E-state index in [1.807, 2.05) is 11.8 Å². The number of hydrogen-bond donors (Lipinski definition) is 1. The van der Waals surface area contributed by atoms with Crippen molar-refractivity contribution in [2.45, 2.75) is 11.8 Å². The second-order valence-electron chi connectivity index (χ2n) is 3.21. The van der Waals surface area contributed by atoms with Crippen LogP contribution in [0.4, 0.5) is 0 Å². The zero-order chi connectivity index (χ0) is 11.0. The molecule has 0 aromatic carbocycles. The number of hydrogen-bond acceptors (Lipinski definition) is 4. The van der Waals surface area contributed by atoms with Gasteiger partial charge in [0.1, 0.15) is 4.83 Å². The number of thioether (sulfide) groups is 1. The fourth-order valence-electron chi connectivity index (χ4n) is 1.01. The van der Waals surface area contributed by atoms with Gasteiger partial charge < -0.3 is 10.1 Å². The maximum Gasteiger partial charge on any atom is 0.320 e. The number of alkyl halides is 1. The topological polar surface area (TPSA) is 38.3 Å². The molecule has 0 aromatic heterocycles. The van der Waals surface area contributed by atoms with Crippen molar-refractivity contribution in [2.75, 3.05) is 32.2 Å². The summed E-state index contributed by atoms with van der Waals surface area (Å²) in [6.07, 6.45) is 2.10. The number of ether oxygens (including phenoxy) is 1. The molecular weight excluding hydrogens is 266 g/mol. The van der Waals surface area contributed by atoms with Gasteiger partial charge in [0, 0.05) is 6.54 Å². The van der Waals surface area contributed by atoms with Crippen LogP contribution in [0.3, 0.4) is 0 Å². The minimum absolute atomic E-state index is 0.227. The zero-order valence-electron chi connectivity index (χ0n) is 8.88. The molecule has 0 spiro atoms. The molecule has 0 fully saturated rings. The molecular formula is C9H18BrNO2S. The Kier molecular flexibility index (Phi) is 8.72. The molecule has 0 radical (unpaired) electrons. The zero-order valence-corrected chi connectivity index (χ0v) is 11.3. The maximum absolute atomic E-state index is 11.0. The second-order valence-corrected chi connectivity index (χ2v) is 5.23. The monoisotopic (exact) mass is 283 g/mol. The standard InChI is InChI=1S/C9H18BrNO2S/c1-7(6-14-3)4-11-5-8(10)9(12)13-2/h7-8,11H,4-6H2,1-3H3. The minimum atomic E-state index is -0.242. The minimum Gasteiger partial charge on any atom is -0.468 e. The lowest BCUT2D eigenvalue weighted by atomic mass is 10.2. The van der Waals surface area contributed by atoms with Crippen molar-refractivity contribution in [3.05, 3.63) is 0 Å². The van der Waals surface area contributed by atoms with Crippen molar-refractivity contribution in [1.82, 2.24) is 5.32 Å². The van der Waals surface area contributed by atoms with Gasteiger partial charge in [0.25, 0.3) is 0 Å². The van der Waals surface area contributed by atoms with Crippen LogP contribution in [0.5, 0.6) is 0 Å². The summed E-state index contributed by atoms with van der Waals surface area (Å²) in [5.74, 6) is 1.54. The molecule has 14 heavy (non-hydrogen) atoms. The van der Waals surface area contributed by atoms with E-state index in [2.05, 4.69) is 39.2 Å². The Hall–Kier alpha value is 0.260. The first-order valence-corrected chi connectivity index (χ1v) is 6.84. The van der Waals surface area contributed by atoms with Crippen LogP contribution < -0.4 is 5.32 Å². The molecule has 2 unspecified atom stereocenters. The Balaban J connectivity index is 3.48. The van der Waals surface area contributed by atoms with E-state index < -0.39 is 0 Å². The van der Waals surface area contributed by atoms with Crippen molar-refractivity contribution >= 4 is 33.7 Å². The Bertz CT molecular complexity index is 169. The molecule has 0 aliphatic heterocycles. The van der Waals surface area contributed by atoms with E-state index in [1.54, 1.807) is 0 Å². The van der Waals surface area contributed by atoms with Gasteiger partial charge in [-0.25, -0.2) is 0 Å². The molecule has 0 rings (SSSR count). The Labute approximate surface area is 98.5 Å². The molecule has 0 aliphatic carbocycles. The molecule has 5 heteroatoms. The third-order valence-corrected chi connectivity index (χ3v) is 3.32. The summed E-state index contributed by atoms with van der Waals surface area (Å²) in [5.41, 5.74) is 0. The lowest BCUT2D eigenvalue weighted by Crippen LogP contribution is -2.32. The van der Waals surface area contributed by atoms with Gasteiger partial charge in [-0.3, -0.25) is 4.79 Å². The SMILES string of the molecule is COC(=O)C(Br)CNCC(C)CSC. The van der Waals surface area contributed by atoms with Gasteiger partial charge in [0.2, 0.25) is 0 Å². The van der Waals surface area contributed by atoms with Crippen LogP contribution in [0, 0.1) is 5.92 Å². The maximum atomic E-state index is 11.0. The number of carbonyl (C=O) groups is 1. The van der Waals surface area contributed by atoms with Gasteiger partial charge >= 0.3 is 5.97 Å². The summed E-state index contributed by atoms with van der Waals surface area (Å²) in [4.78, 5) is 10.8. The van der Waals surface area contributed by atoms with Crippen LogP contribution in [0.1, 0.15) is 6.92 Å². The molecule has 0 heterocycles. The lowest BCUT2D eigenvalue weighted by molar-refractivity contribution is -0.139. The van der Waals surface area contributed by atoms with Crippen molar-refractivity contribution in [1.29, 1.82) is 0 Å². The molecule has 0 amide bonds. The van der Waals surface area contributed by atoms with Crippen LogP contribution >= 0.6 is 27.7 Å². The normalized spacial score (nSPS) is 14.9. The summed E-state index contributed by atoms with van der Waals surface area (Å²) in [5, 5.41) is 3.22. The van der Waals surface area contributed by atoms with Crippen LogP contribution in [0.15, 0.2) is 0 Å². The molecule has 2 atom stereocenters. The average molecular weight is 284 g/mol. The predicted molar refractivity (Wildman–Crippen MR) is 65.1 cm³/mol. The summed E-state index contributed by atoms with van der Waals surface area (Å²) >= 11 is 5.09. The molecule has 84 valence electrons. The molecule has 0 aromatic rings. The van der Waals surface area contributed by atoms with Crippen LogP contribution in [-0.2, 0) is 9.53 Å². The van der Waals surface area contributed by atoms with E-state index in [1.165, 1.54) is 7.11 Å². The van der Waals surface area contributed by atoms with E-state index in [4.69, 9.17) is 0 Å². The van der Waals surface area contributed by atoms with Crippen LogP contribution in [0.25, 0.3) is 0 Å². The van der Waals surface area contributed by atoms with Gasteiger partial charge in [-0.1, -0.05) is 22.9 Å². The summed E-state index contributed by atoms with van der Waals surface area (Å²) < 4.78 is 4.59. The predicted octanol–water partition coefficient (Wildman–Crippen LogP) is 1.51. The number of nitrogens with one attached hydrogen (secondary N) is 1. The fourth-order valence-corrected chi connectivity index (χ4v) is 2.11. The largest absolute Gasteiger partial charge is 0.468 e. The number of halogens is 1. The van der Waals surface area contributed by atoms with Crippen molar-refractivity contribution < 1.29 is 9.53 Å². The number of methoxy groups -OCH3 is 1. The molecule has 0 saturated carbocycles. The highest BCUT2D eigenvalue weighted by Crippen LogP contribution is 2.04. The smallest absolute Gasteiger partial charge is 0.320 e. The van der Waals surface area contributed by atoms with E-state index in [0.717, 1.165) is 12.3 Å². The molecule has 1 N–H and O–H groups in total. The van der Waals surface area contributed by atoms with E-state index in [0.29, 0.717) is 12.5 Å². The van der Waals surface area contributed by atoms with Gasteiger partial charge in [-0.15, -0.1) is 0 Å². The highest BCUT2D eigenvalue weighted by molar-refractivity contribution is 9.10. The summed E-state index contributed by atoms with van der Waals surface area (Å²) in [7, 11) is 1.40. The average Bonchev–Trinajstić information content (AvgIpc) is 2.16. The van der Waals surface area contributed by atoms with Crippen molar-refractivity contribution in [2.24, 2.45) is 5.92 Å². The summed E-state index contributed by atoms with van der Waals surface area (Å²) in [6, 6.07) is 0. The third-order valence-electron chi connectivity index (χ3n) is 1.72.